The van der Waals surface area contributed by atoms with Crippen LogP contribution in [0, 0.1) is 0 Å². The van der Waals surface area contributed by atoms with E-state index in [1.165, 1.54) is 12.8 Å². The van der Waals surface area contributed by atoms with E-state index in [-0.39, 0.29) is 0 Å². The van der Waals surface area contributed by atoms with Crippen LogP contribution in [-0.4, -0.2) is 37.0 Å². The third kappa shape index (κ3) is 3.78. The first-order chi connectivity index (χ1) is 7.69. The molecule has 0 unspecified atom stereocenters. The van der Waals surface area contributed by atoms with E-state index >= 15 is 0 Å². The van der Waals surface area contributed by atoms with E-state index in [0.29, 0.717) is 18.0 Å². The number of nitrogens with one attached hydrogen (secondary N) is 1. The molecule has 0 heterocycles. The fraction of sp³-hybridized carbons (Fsp3) is 0.923. The van der Waals surface area contributed by atoms with Crippen LogP contribution in [0.15, 0.2) is 0 Å². The number of carbonyl (C=O) groups is 1. The molecule has 1 aliphatic carbocycles. The molecule has 0 bridgehead atoms. The fourth-order valence-electron chi connectivity index (χ4n) is 2.46. The molecule has 0 radical (unpaired) electrons. The van der Waals surface area contributed by atoms with Gasteiger partial charge in [0.1, 0.15) is 0 Å². The van der Waals surface area contributed by atoms with Gasteiger partial charge in [0.15, 0.2) is 0 Å². The molecule has 1 N–H and O–H groups in total. The predicted molar refractivity (Wildman–Crippen MR) is 67.4 cm³/mol. The molecule has 0 spiro atoms. The van der Waals surface area contributed by atoms with Crippen molar-refractivity contribution in [3.05, 3.63) is 0 Å². The molecule has 0 atom stereocenters. The predicted octanol–water partition coefficient (Wildman–Crippen LogP) is 2.17. The van der Waals surface area contributed by atoms with Crippen LogP contribution >= 0.6 is 0 Å². The van der Waals surface area contributed by atoms with E-state index in [4.69, 9.17) is 0 Å². The Labute approximate surface area is 99.6 Å². The highest BCUT2D eigenvalue weighted by Gasteiger charge is 2.25. The van der Waals surface area contributed by atoms with Crippen LogP contribution in [0.5, 0.6) is 0 Å². The summed E-state index contributed by atoms with van der Waals surface area (Å²) in [4.78, 5) is 13.9. The topological polar surface area (TPSA) is 32.3 Å². The molecule has 3 heteroatoms. The van der Waals surface area contributed by atoms with Crippen molar-refractivity contribution in [3.63, 3.8) is 0 Å². The largest absolute Gasteiger partial charge is 0.343 e. The number of amides is 1. The van der Waals surface area contributed by atoms with Gasteiger partial charge < -0.3 is 10.2 Å². The molecule has 1 aliphatic rings. The maximum absolute atomic E-state index is 11.9. The maximum atomic E-state index is 11.9. The van der Waals surface area contributed by atoms with Crippen LogP contribution < -0.4 is 5.32 Å². The Morgan fingerprint density at radius 1 is 1.31 bits per heavy atom. The molecular formula is C13H26N2O. The molecule has 0 aromatic carbocycles. The number of hydrogen-bond donors (Lipinski definition) is 1. The first-order valence-corrected chi connectivity index (χ1v) is 6.62. The van der Waals surface area contributed by atoms with Crippen molar-refractivity contribution in [3.8, 4) is 0 Å². The Kier molecular flexibility index (Phi) is 5.81. The Morgan fingerprint density at radius 3 is 2.44 bits per heavy atom. The summed E-state index contributed by atoms with van der Waals surface area (Å²) in [5, 5.41) is 3.32. The molecule has 0 saturated heterocycles. The summed E-state index contributed by atoms with van der Waals surface area (Å²) in [5.41, 5.74) is 0. The third-order valence-electron chi connectivity index (χ3n) is 3.79. The van der Waals surface area contributed by atoms with Gasteiger partial charge in [-0.15, -0.1) is 0 Å². The van der Waals surface area contributed by atoms with E-state index < -0.39 is 0 Å². The maximum Gasteiger partial charge on any atom is 0.222 e. The monoisotopic (exact) mass is 226 g/mol. The normalized spacial score (nSPS) is 25.4. The Bertz CT molecular complexity index is 210. The second kappa shape index (κ2) is 6.89. The third-order valence-corrected chi connectivity index (χ3v) is 3.79. The first kappa shape index (κ1) is 13.5. The zero-order chi connectivity index (χ0) is 12.0. The van der Waals surface area contributed by atoms with Crippen LogP contribution in [0.3, 0.4) is 0 Å². The lowest BCUT2D eigenvalue weighted by Crippen LogP contribution is -2.42. The van der Waals surface area contributed by atoms with Crippen molar-refractivity contribution in [1.29, 1.82) is 0 Å². The molecule has 3 nitrogen and oxygen atoms in total. The second-order valence-electron chi connectivity index (χ2n) is 4.90. The minimum atomic E-state index is 0.328. The van der Waals surface area contributed by atoms with Gasteiger partial charge in [-0.25, -0.2) is 0 Å². The highest BCUT2D eigenvalue weighted by molar-refractivity contribution is 5.76. The van der Waals surface area contributed by atoms with Crippen molar-refractivity contribution >= 4 is 5.91 Å². The SMILES string of the molecule is CCCCC(=O)N(C)C1CCC(NC)CC1. The summed E-state index contributed by atoms with van der Waals surface area (Å²) in [6, 6.07) is 1.14. The highest BCUT2D eigenvalue weighted by Crippen LogP contribution is 2.22. The van der Waals surface area contributed by atoms with Crippen LogP contribution in [0.25, 0.3) is 0 Å². The highest BCUT2D eigenvalue weighted by atomic mass is 16.2. The average molecular weight is 226 g/mol. The van der Waals surface area contributed by atoms with Crippen molar-refractivity contribution in [1.82, 2.24) is 10.2 Å². The Morgan fingerprint density at radius 2 is 1.94 bits per heavy atom. The lowest BCUT2D eigenvalue weighted by Gasteiger charge is -2.34. The lowest BCUT2D eigenvalue weighted by atomic mass is 9.90. The average Bonchev–Trinajstić information content (AvgIpc) is 2.35. The summed E-state index contributed by atoms with van der Waals surface area (Å²) in [5.74, 6) is 0.328. The van der Waals surface area contributed by atoms with Gasteiger partial charge in [-0.2, -0.15) is 0 Å². The minimum Gasteiger partial charge on any atom is -0.343 e. The van der Waals surface area contributed by atoms with Gasteiger partial charge in [0.2, 0.25) is 5.91 Å². The zero-order valence-electron chi connectivity index (χ0n) is 11.0. The van der Waals surface area contributed by atoms with E-state index in [9.17, 15) is 4.79 Å². The molecule has 0 aromatic heterocycles. The smallest absolute Gasteiger partial charge is 0.222 e. The van der Waals surface area contributed by atoms with Gasteiger partial charge in [-0.05, 0) is 39.2 Å². The van der Waals surface area contributed by atoms with Gasteiger partial charge in [-0.1, -0.05) is 13.3 Å². The van der Waals surface area contributed by atoms with Gasteiger partial charge in [0.05, 0.1) is 0 Å². The second-order valence-corrected chi connectivity index (χ2v) is 4.90. The van der Waals surface area contributed by atoms with Crippen molar-refractivity contribution < 1.29 is 4.79 Å². The van der Waals surface area contributed by atoms with Gasteiger partial charge in [-0.3, -0.25) is 4.79 Å². The lowest BCUT2D eigenvalue weighted by molar-refractivity contribution is -0.132. The minimum absolute atomic E-state index is 0.328. The quantitative estimate of drug-likeness (QED) is 0.779. The van der Waals surface area contributed by atoms with Gasteiger partial charge in [0.25, 0.3) is 0 Å². The summed E-state index contributed by atoms with van der Waals surface area (Å²) in [6.45, 7) is 2.13. The van der Waals surface area contributed by atoms with Crippen molar-refractivity contribution in [2.24, 2.45) is 0 Å². The fourth-order valence-corrected chi connectivity index (χ4v) is 2.46. The van der Waals surface area contributed by atoms with E-state index in [1.807, 2.05) is 19.0 Å². The molecule has 94 valence electrons. The number of rotatable bonds is 5. The van der Waals surface area contributed by atoms with Gasteiger partial charge >= 0.3 is 0 Å². The van der Waals surface area contributed by atoms with Crippen molar-refractivity contribution in [2.75, 3.05) is 14.1 Å². The van der Waals surface area contributed by atoms with E-state index in [2.05, 4.69) is 12.2 Å². The Hall–Kier alpha value is -0.570. The molecule has 1 saturated carbocycles. The molecule has 1 amide bonds. The molecule has 0 aliphatic heterocycles. The Balaban J connectivity index is 2.32. The van der Waals surface area contributed by atoms with Crippen LogP contribution in [0.2, 0.25) is 0 Å². The summed E-state index contributed by atoms with van der Waals surface area (Å²) in [7, 11) is 4.00. The number of unbranched alkanes of at least 4 members (excludes halogenated alkanes) is 1. The standard InChI is InChI=1S/C13H26N2O/c1-4-5-6-13(16)15(3)12-9-7-11(14-2)8-10-12/h11-12,14H,4-10H2,1-3H3. The van der Waals surface area contributed by atoms with E-state index in [0.717, 1.165) is 32.1 Å². The number of nitrogens with zero attached hydrogens (tertiary/aromatic N) is 1. The zero-order valence-corrected chi connectivity index (χ0v) is 11.0. The molecule has 1 fully saturated rings. The van der Waals surface area contributed by atoms with Crippen molar-refractivity contribution in [2.45, 2.75) is 64.0 Å². The summed E-state index contributed by atoms with van der Waals surface area (Å²) >= 11 is 0. The molecule has 16 heavy (non-hydrogen) atoms. The number of hydrogen-bond acceptors (Lipinski definition) is 2. The molecular weight excluding hydrogens is 200 g/mol. The van der Waals surface area contributed by atoms with Crippen LogP contribution in [0.4, 0.5) is 0 Å². The molecule has 0 aromatic rings. The van der Waals surface area contributed by atoms with Gasteiger partial charge in [0, 0.05) is 25.6 Å². The first-order valence-electron chi connectivity index (χ1n) is 6.62. The summed E-state index contributed by atoms with van der Waals surface area (Å²) in [6.07, 6.45) is 7.55. The van der Waals surface area contributed by atoms with E-state index in [1.54, 1.807) is 0 Å². The van der Waals surface area contributed by atoms with Crippen LogP contribution in [-0.2, 0) is 4.79 Å². The molecule has 1 rings (SSSR count). The summed E-state index contributed by atoms with van der Waals surface area (Å²) < 4.78 is 0. The van der Waals surface area contributed by atoms with Crippen LogP contribution in [0.1, 0.15) is 51.9 Å². The number of carbonyl (C=O) groups excluding carboxylic acids is 1.